The van der Waals surface area contributed by atoms with Crippen LogP contribution in [0, 0.1) is 5.92 Å². The maximum Gasteiger partial charge on any atom is 0.291 e. The van der Waals surface area contributed by atoms with Crippen molar-refractivity contribution in [1.29, 1.82) is 0 Å². The second-order valence-electron chi connectivity index (χ2n) is 3.83. The molecule has 0 spiro atoms. The fourth-order valence-corrected chi connectivity index (χ4v) is 1.84. The zero-order valence-corrected chi connectivity index (χ0v) is 8.76. The summed E-state index contributed by atoms with van der Waals surface area (Å²) in [6, 6.07) is 0. The van der Waals surface area contributed by atoms with E-state index in [0.717, 1.165) is 0 Å². The van der Waals surface area contributed by atoms with Crippen molar-refractivity contribution in [2.75, 3.05) is 13.1 Å². The number of piperidine rings is 1. The van der Waals surface area contributed by atoms with Gasteiger partial charge in [0.2, 0.25) is 11.7 Å². The molecule has 1 aromatic rings. The highest BCUT2D eigenvalue weighted by molar-refractivity contribution is 5.91. The molecule has 0 aromatic carbocycles. The van der Waals surface area contributed by atoms with Gasteiger partial charge in [-0.25, -0.2) is 4.98 Å². The third kappa shape index (κ3) is 2.05. The van der Waals surface area contributed by atoms with Crippen LogP contribution in [0.15, 0.2) is 17.0 Å². The van der Waals surface area contributed by atoms with Gasteiger partial charge in [-0.1, -0.05) is 0 Å². The number of primary amides is 1. The SMILES string of the molecule is NC(=O)C1CCN(C(=O)c2cnco2)CC1. The highest BCUT2D eigenvalue weighted by Gasteiger charge is 2.27. The van der Waals surface area contributed by atoms with Crippen molar-refractivity contribution in [3.8, 4) is 0 Å². The number of oxazole rings is 1. The summed E-state index contributed by atoms with van der Waals surface area (Å²) < 4.78 is 4.93. The Balaban J connectivity index is 1.94. The van der Waals surface area contributed by atoms with Crippen molar-refractivity contribution in [3.63, 3.8) is 0 Å². The molecule has 0 bridgehead atoms. The number of carbonyl (C=O) groups is 2. The minimum absolute atomic E-state index is 0.112. The van der Waals surface area contributed by atoms with E-state index in [-0.39, 0.29) is 23.5 Å². The van der Waals surface area contributed by atoms with Crippen LogP contribution >= 0.6 is 0 Å². The van der Waals surface area contributed by atoms with Crippen molar-refractivity contribution in [3.05, 3.63) is 18.4 Å². The average molecular weight is 223 g/mol. The lowest BCUT2D eigenvalue weighted by molar-refractivity contribution is -0.123. The Hall–Kier alpha value is -1.85. The van der Waals surface area contributed by atoms with Crippen LogP contribution in [-0.4, -0.2) is 34.8 Å². The fraction of sp³-hybridized carbons (Fsp3) is 0.500. The van der Waals surface area contributed by atoms with Crippen LogP contribution in [-0.2, 0) is 4.79 Å². The number of aromatic nitrogens is 1. The van der Waals surface area contributed by atoms with Crippen LogP contribution in [0.3, 0.4) is 0 Å². The van der Waals surface area contributed by atoms with E-state index in [4.69, 9.17) is 10.2 Å². The molecular formula is C10H13N3O3. The second kappa shape index (κ2) is 4.34. The van der Waals surface area contributed by atoms with Crippen molar-refractivity contribution in [2.45, 2.75) is 12.8 Å². The van der Waals surface area contributed by atoms with Crippen molar-refractivity contribution in [2.24, 2.45) is 11.7 Å². The maximum atomic E-state index is 11.8. The molecule has 0 saturated carbocycles. The van der Waals surface area contributed by atoms with Gasteiger partial charge in [0, 0.05) is 19.0 Å². The number of rotatable bonds is 2. The molecule has 2 N–H and O–H groups in total. The highest BCUT2D eigenvalue weighted by Crippen LogP contribution is 2.18. The monoisotopic (exact) mass is 223 g/mol. The molecule has 0 aliphatic carbocycles. The van der Waals surface area contributed by atoms with Gasteiger partial charge in [-0.3, -0.25) is 9.59 Å². The summed E-state index contributed by atoms with van der Waals surface area (Å²) in [7, 11) is 0. The molecule has 1 fully saturated rings. The van der Waals surface area contributed by atoms with Crippen LogP contribution in [0.25, 0.3) is 0 Å². The summed E-state index contributed by atoms with van der Waals surface area (Å²) >= 11 is 0. The van der Waals surface area contributed by atoms with Crippen molar-refractivity contribution < 1.29 is 14.0 Å². The van der Waals surface area contributed by atoms with Crippen LogP contribution < -0.4 is 5.73 Å². The van der Waals surface area contributed by atoms with E-state index in [0.29, 0.717) is 25.9 Å². The fourth-order valence-electron chi connectivity index (χ4n) is 1.84. The first-order valence-electron chi connectivity index (χ1n) is 5.15. The highest BCUT2D eigenvalue weighted by atomic mass is 16.3. The minimum atomic E-state index is -0.285. The van der Waals surface area contributed by atoms with Crippen molar-refractivity contribution in [1.82, 2.24) is 9.88 Å². The molecule has 2 heterocycles. The van der Waals surface area contributed by atoms with Gasteiger partial charge in [0.15, 0.2) is 6.39 Å². The summed E-state index contributed by atoms with van der Waals surface area (Å²) in [6.07, 6.45) is 3.86. The van der Waals surface area contributed by atoms with Crippen LogP contribution in [0.4, 0.5) is 0 Å². The van der Waals surface area contributed by atoms with E-state index in [9.17, 15) is 9.59 Å². The molecule has 2 rings (SSSR count). The summed E-state index contributed by atoms with van der Waals surface area (Å²) in [6.45, 7) is 1.07. The van der Waals surface area contributed by atoms with Crippen molar-refractivity contribution >= 4 is 11.8 Å². The molecule has 2 amide bonds. The van der Waals surface area contributed by atoms with Gasteiger partial charge >= 0.3 is 0 Å². The molecule has 16 heavy (non-hydrogen) atoms. The molecule has 1 aromatic heterocycles. The van der Waals surface area contributed by atoms with Gasteiger partial charge in [-0.05, 0) is 12.8 Å². The lowest BCUT2D eigenvalue weighted by Gasteiger charge is -2.29. The Labute approximate surface area is 92.4 Å². The minimum Gasteiger partial charge on any atom is -0.438 e. The number of nitrogens with zero attached hydrogens (tertiary/aromatic N) is 2. The Morgan fingerprint density at radius 3 is 2.62 bits per heavy atom. The molecular weight excluding hydrogens is 210 g/mol. The maximum absolute atomic E-state index is 11.8. The van der Waals surface area contributed by atoms with Gasteiger partial charge in [0.1, 0.15) is 0 Å². The van der Waals surface area contributed by atoms with E-state index in [1.165, 1.54) is 12.6 Å². The van der Waals surface area contributed by atoms with Gasteiger partial charge in [0.05, 0.1) is 6.20 Å². The lowest BCUT2D eigenvalue weighted by atomic mass is 9.96. The first kappa shape index (κ1) is 10.7. The number of amides is 2. The van der Waals surface area contributed by atoms with E-state index >= 15 is 0 Å². The molecule has 6 nitrogen and oxygen atoms in total. The Morgan fingerprint density at radius 2 is 2.12 bits per heavy atom. The molecule has 6 heteroatoms. The number of likely N-dealkylation sites (tertiary alicyclic amines) is 1. The normalized spacial score (nSPS) is 17.4. The third-order valence-electron chi connectivity index (χ3n) is 2.83. The smallest absolute Gasteiger partial charge is 0.291 e. The number of nitrogens with two attached hydrogens (primary N) is 1. The van der Waals surface area contributed by atoms with E-state index in [1.807, 2.05) is 0 Å². The number of hydrogen-bond donors (Lipinski definition) is 1. The van der Waals surface area contributed by atoms with Gasteiger partial charge in [0.25, 0.3) is 5.91 Å². The predicted molar refractivity (Wildman–Crippen MR) is 54.3 cm³/mol. The quantitative estimate of drug-likeness (QED) is 0.764. The molecule has 86 valence electrons. The average Bonchev–Trinajstić information content (AvgIpc) is 2.81. The van der Waals surface area contributed by atoms with Crippen LogP contribution in [0.5, 0.6) is 0 Å². The zero-order chi connectivity index (χ0) is 11.5. The summed E-state index contributed by atoms with van der Waals surface area (Å²) in [5.74, 6) is -0.344. The molecule has 1 saturated heterocycles. The largest absolute Gasteiger partial charge is 0.438 e. The Bertz CT molecular complexity index is 380. The van der Waals surface area contributed by atoms with E-state index < -0.39 is 0 Å². The summed E-state index contributed by atoms with van der Waals surface area (Å²) in [5, 5.41) is 0. The van der Waals surface area contributed by atoms with Crippen LogP contribution in [0.2, 0.25) is 0 Å². The topological polar surface area (TPSA) is 89.4 Å². The first-order chi connectivity index (χ1) is 7.68. The first-order valence-corrected chi connectivity index (χ1v) is 5.15. The lowest BCUT2D eigenvalue weighted by Crippen LogP contribution is -2.41. The van der Waals surface area contributed by atoms with Gasteiger partial charge < -0.3 is 15.1 Å². The summed E-state index contributed by atoms with van der Waals surface area (Å²) in [4.78, 5) is 28.1. The Morgan fingerprint density at radius 1 is 1.44 bits per heavy atom. The number of carbonyl (C=O) groups excluding carboxylic acids is 2. The standard InChI is InChI=1S/C10H13N3O3/c11-9(14)7-1-3-13(4-2-7)10(15)8-5-12-6-16-8/h5-7H,1-4H2,(H2,11,14). The van der Waals surface area contributed by atoms with Crippen LogP contribution in [0.1, 0.15) is 23.4 Å². The second-order valence-corrected chi connectivity index (χ2v) is 3.83. The molecule has 1 aliphatic rings. The zero-order valence-electron chi connectivity index (χ0n) is 8.76. The molecule has 1 aliphatic heterocycles. The molecule has 0 radical (unpaired) electrons. The van der Waals surface area contributed by atoms with Gasteiger partial charge in [-0.2, -0.15) is 0 Å². The van der Waals surface area contributed by atoms with Gasteiger partial charge in [-0.15, -0.1) is 0 Å². The predicted octanol–water partition coefficient (Wildman–Crippen LogP) is 0.0121. The van der Waals surface area contributed by atoms with E-state index in [1.54, 1.807) is 4.90 Å². The third-order valence-corrected chi connectivity index (χ3v) is 2.83. The molecule has 0 atom stereocenters. The van der Waals surface area contributed by atoms with E-state index in [2.05, 4.69) is 4.98 Å². The summed E-state index contributed by atoms with van der Waals surface area (Å²) in [5.41, 5.74) is 5.21. The Kier molecular flexibility index (Phi) is 2.89. The molecule has 0 unspecified atom stereocenters. The number of hydrogen-bond acceptors (Lipinski definition) is 4.